The number of aromatic nitrogens is 3. The van der Waals surface area contributed by atoms with Gasteiger partial charge in [-0.3, -0.25) is 14.0 Å². The van der Waals surface area contributed by atoms with E-state index >= 15 is 0 Å². The van der Waals surface area contributed by atoms with Crippen molar-refractivity contribution in [3.05, 3.63) is 72.6 Å². The number of carbonyl (C=O) groups excluding carboxylic acids is 1. The Bertz CT molecular complexity index is 1310. The minimum Gasteiger partial charge on any atom is -0.472 e. The quantitative estimate of drug-likeness (QED) is 0.581. The maximum atomic E-state index is 13.4. The fourth-order valence-corrected chi connectivity index (χ4v) is 4.60. The van der Waals surface area contributed by atoms with Crippen LogP contribution in [0.3, 0.4) is 0 Å². The minimum atomic E-state index is -0.646. The normalized spacial score (nSPS) is 16.5. The van der Waals surface area contributed by atoms with E-state index in [1.54, 1.807) is 47.8 Å². The van der Waals surface area contributed by atoms with Crippen LogP contribution in [-0.4, -0.2) is 26.9 Å². The predicted octanol–water partition coefficient (Wildman–Crippen LogP) is 1.92. The van der Waals surface area contributed by atoms with Gasteiger partial charge in [-0.15, -0.1) is 0 Å². The van der Waals surface area contributed by atoms with Crippen molar-refractivity contribution in [2.45, 2.75) is 40.3 Å². The van der Waals surface area contributed by atoms with Gasteiger partial charge in [0.05, 0.1) is 40.6 Å². The second kappa shape index (κ2) is 7.91. The maximum Gasteiger partial charge on any atom is 0.338 e. The number of aryl methyl sites for hydroxylation is 2. The van der Waals surface area contributed by atoms with Gasteiger partial charge in [-0.25, -0.2) is 9.79 Å². The first-order valence-electron chi connectivity index (χ1n) is 9.70. The highest BCUT2D eigenvalue weighted by atomic mass is 32.1. The van der Waals surface area contributed by atoms with Crippen LogP contribution >= 0.6 is 11.3 Å². The van der Waals surface area contributed by atoms with E-state index in [-0.39, 0.29) is 12.2 Å². The molecule has 0 spiro atoms. The summed E-state index contributed by atoms with van der Waals surface area (Å²) < 4.78 is 14.3. The standard InChI is InChI=1S/C21H22N4O4S/c1-5-24-10-15(12(3)23-24)18-17(20(27)29-6-2)13(4)22-21-25(18)19(26)16(30-21)9-14-7-8-28-11-14/h7-11,18H,5-6H2,1-4H3/b16-9+/t18-/m1/s1. The SMILES string of the molecule is CCOC(=O)C1=C(C)N=c2s/c(=C/c3ccoc3)c(=O)n2[C@@H]1c1cn(CC)nc1C. The average molecular weight is 426 g/mol. The van der Waals surface area contributed by atoms with Crippen molar-refractivity contribution < 1.29 is 13.9 Å². The first kappa shape index (κ1) is 20.1. The molecule has 0 amide bonds. The fraction of sp³-hybridized carbons (Fsp3) is 0.333. The summed E-state index contributed by atoms with van der Waals surface area (Å²) in [4.78, 5) is 31.4. The number of esters is 1. The van der Waals surface area contributed by atoms with Crippen molar-refractivity contribution in [2.24, 2.45) is 4.99 Å². The number of allylic oxidation sites excluding steroid dienone is 1. The number of nitrogens with zero attached hydrogens (tertiary/aromatic N) is 4. The van der Waals surface area contributed by atoms with Crippen LogP contribution < -0.4 is 14.9 Å². The fourth-order valence-electron chi connectivity index (χ4n) is 3.56. The number of rotatable bonds is 5. The molecule has 0 aromatic carbocycles. The monoisotopic (exact) mass is 426 g/mol. The van der Waals surface area contributed by atoms with Crippen LogP contribution in [0.5, 0.6) is 0 Å². The van der Waals surface area contributed by atoms with E-state index in [0.29, 0.717) is 27.1 Å². The zero-order chi connectivity index (χ0) is 21.4. The number of carbonyl (C=O) groups is 1. The molecule has 0 saturated carbocycles. The summed E-state index contributed by atoms with van der Waals surface area (Å²) in [6.45, 7) is 8.30. The summed E-state index contributed by atoms with van der Waals surface area (Å²) >= 11 is 1.28. The Morgan fingerprint density at radius 2 is 2.17 bits per heavy atom. The molecule has 1 aliphatic rings. The molecule has 0 bridgehead atoms. The topological polar surface area (TPSA) is 91.6 Å². The molecule has 0 unspecified atom stereocenters. The number of hydrogen-bond acceptors (Lipinski definition) is 7. The van der Waals surface area contributed by atoms with Crippen LogP contribution in [0.25, 0.3) is 6.08 Å². The van der Waals surface area contributed by atoms with E-state index in [1.807, 2.05) is 20.0 Å². The molecule has 1 atom stereocenters. The Labute approximate surface area is 176 Å². The minimum absolute atomic E-state index is 0.220. The molecule has 0 N–H and O–H groups in total. The number of hydrogen-bond donors (Lipinski definition) is 0. The molecule has 3 aromatic rings. The van der Waals surface area contributed by atoms with Crippen LogP contribution in [0, 0.1) is 6.92 Å². The van der Waals surface area contributed by atoms with E-state index in [9.17, 15) is 9.59 Å². The van der Waals surface area contributed by atoms with Crippen LogP contribution in [0.2, 0.25) is 0 Å². The molecular formula is C21H22N4O4S. The van der Waals surface area contributed by atoms with Gasteiger partial charge >= 0.3 is 5.97 Å². The molecule has 9 heteroatoms. The van der Waals surface area contributed by atoms with Crippen molar-refractivity contribution in [1.82, 2.24) is 14.3 Å². The number of furan rings is 1. The van der Waals surface area contributed by atoms with E-state index in [0.717, 1.165) is 16.8 Å². The Kier molecular flexibility index (Phi) is 5.29. The zero-order valence-corrected chi connectivity index (χ0v) is 18.0. The first-order chi connectivity index (χ1) is 14.4. The van der Waals surface area contributed by atoms with E-state index < -0.39 is 12.0 Å². The molecule has 0 saturated heterocycles. The molecule has 8 nitrogen and oxygen atoms in total. The van der Waals surface area contributed by atoms with Gasteiger partial charge in [-0.05, 0) is 39.8 Å². The lowest BCUT2D eigenvalue weighted by Crippen LogP contribution is -2.40. The van der Waals surface area contributed by atoms with Gasteiger partial charge in [0, 0.05) is 23.9 Å². The molecule has 0 aliphatic carbocycles. The maximum absolute atomic E-state index is 13.4. The molecule has 4 heterocycles. The molecule has 30 heavy (non-hydrogen) atoms. The molecule has 0 radical (unpaired) electrons. The Morgan fingerprint density at radius 1 is 1.37 bits per heavy atom. The second-order valence-corrected chi connectivity index (χ2v) is 7.89. The third-order valence-electron chi connectivity index (χ3n) is 4.96. The van der Waals surface area contributed by atoms with Gasteiger partial charge in [0.2, 0.25) is 0 Å². The number of ether oxygens (including phenoxy) is 1. The van der Waals surface area contributed by atoms with Gasteiger partial charge in [-0.2, -0.15) is 5.10 Å². The predicted molar refractivity (Wildman–Crippen MR) is 112 cm³/mol. The van der Waals surface area contributed by atoms with Crippen molar-refractivity contribution in [3.63, 3.8) is 0 Å². The van der Waals surface area contributed by atoms with Gasteiger partial charge in [-0.1, -0.05) is 11.3 Å². The van der Waals surface area contributed by atoms with E-state index in [4.69, 9.17) is 9.15 Å². The number of thiazole rings is 1. The van der Waals surface area contributed by atoms with Gasteiger partial charge in [0.1, 0.15) is 6.04 Å². The van der Waals surface area contributed by atoms with Crippen molar-refractivity contribution in [1.29, 1.82) is 0 Å². The van der Waals surface area contributed by atoms with Gasteiger partial charge in [0.25, 0.3) is 5.56 Å². The Balaban J connectivity index is 1.99. The largest absolute Gasteiger partial charge is 0.472 e. The van der Waals surface area contributed by atoms with Crippen molar-refractivity contribution >= 4 is 23.4 Å². The Hall–Kier alpha value is -3.20. The highest BCUT2D eigenvalue weighted by Crippen LogP contribution is 2.32. The third kappa shape index (κ3) is 3.35. The summed E-state index contributed by atoms with van der Waals surface area (Å²) in [6, 6.07) is 1.13. The van der Waals surface area contributed by atoms with Crippen LogP contribution in [0.4, 0.5) is 0 Å². The van der Waals surface area contributed by atoms with Crippen LogP contribution in [0.1, 0.15) is 43.6 Å². The highest BCUT2D eigenvalue weighted by molar-refractivity contribution is 7.07. The van der Waals surface area contributed by atoms with Gasteiger partial charge < -0.3 is 9.15 Å². The summed E-state index contributed by atoms with van der Waals surface area (Å²) in [6.07, 6.45) is 6.76. The van der Waals surface area contributed by atoms with Gasteiger partial charge in [0.15, 0.2) is 4.80 Å². The summed E-state index contributed by atoms with van der Waals surface area (Å²) in [5.74, 6) is -0.475. The highest BCUT2D eigenvalue weighted by Gasteiger charge is 2.35. The van der Waals surface area contributed by atoms with Crippen molar-refractivity contribution in [2.75, 3.05) is 6.61 Å². The summed E-state index contributed by atoms with van der Waals surface area (Å²) in [5, 5.41) is 4.52. The summed E-state index contributed by atoms with van der Waals surface area (Å²) in [7, 11) is 0. The zero-order valence-electron chi connectivity index (χ0n) is 17.2. The third-order valence-corrected chi connectivity index (χ3v) is 5.94. The van der Waals surface area contributed by atoms with Crippen LogP contribution in [-0.2, 0) is 16.1 Å². The second-order valence-electron chi connectivity index (χ2n) is 6.88. The smallest absolute Gasteiger partial charge is 0.338 e. The van der Waals surface area contributed by atoms with Crippen LogP contribution in [0.15, 0.2) is 50.3 Å². The van der Waals surface area contributed by atoms with Crippen molar-refractivity contribution in [3.8, 4) is 0 Å². The average Bonchev–Trinajstić information content (AvgIpc) is 3.42. The lowest BCUT2D eigenvalue weighted by atomic mass is 9.96. The van der Waals surface area contributed by atoms with E-state index in [2.05, 4.69) is 10.1 Å². The first-order valence-corrected chi connectivity index (χ1v) is 10.5. The summed E-state index contributed by atoms with van der Waals surface area (Å²) in [5.41, 5.74) is 3.00. The lowest BCUT2D eigenvalue weighted by molar-refractivity contribution is -0.139. The molecule has 3 aromatic heterocycles. The lowest BCUT2D eigenvalue weighted by Gasteiger charge is -2.24. The molecule has 156 valence electrons. The molecule has 0 fully saturated rings. The Morgan fingerprint density at radius 3 is 2.80 bits per heavy atom. The number of fused-ring (bicyclic) bond motifs is 1. The molecular weight excluding hydrogens is 404 g/mol. The molecule has 1 aliphatic heterocycles. The molecule has 4 rings (SSSR count). The van der Waals surface area contributed by atoms with E-state index in [1.165, 1.54) is 11.3 Å².